The molecule has 6 nitrogen and oxygen atoms in total. The smallest absolute Gasteiger partial charge is 0.309 e. The van der Waals surface area contributed by atoms with Crippen molar-refractivity contribution in [2.24, 2.45) is 22.7 Å². The highest BCUT2D eigenvalue weighted by molar-refractivity contribution is 7.59. The minimum absolute atomic E-state index is 0.0203. The topological polar surface area (TPSA) is 93.1 Å². The summed E-state index contributed by atoms with van der Waals surface area (Å²) in [7, 11) is -3.42. The fraction of sp³-hybridized carbons (Fsp3) is 0.759. The van der Waals surface area contributed by atoms with Crippen molar-refractivity contribution in [3.8, 4) is 0 Å². The zero-order chi connectivity index (χ0) is 28.0. The molecular weight excluding hydrogens is 475 g/mol. The SMILES string of the molecule is CC(CP(=O)(CC(CCCO)C(O)(C(C)(C)C)C(C)(C)C)OC(C)(C)C)C(=O)OCc1ccccc1. The van der Waals surface area contributed by atoms with Gasteiger partial charge < -0.3 is 19.5 Å². The highest BCUT2D eigenvalue weighted by atomic mass is 31.2. The maximum Gasteiger partial charge on any atom is 0.309 e. The number of rotatable bonds is 12. The first-order chi connectivity index (χ1) is 16.3. The van der Waals surface area contributed by atoms with E-state index >= 15 is 0 Å². The molecule has 0 heterocycles. The van der Waals surface area contributed by atoms with Crippen LogP contribution in [0.2, 0.25) is 0 Å². The maximum absolute atomic E-state index is 14.5. The van der Waals surface area contributed by atoms with E-state index in [1.165, 1.54) is 0 Å². The highest BCUT2D eigenvalue weighted by Crippen LogP contribution is 2.59. The number of carbonyl (C=O) groups is 1. The molecule has 0 amide bonds. The molecule has 208 valence electrons. The summed E-state index contributed by atoms with van der Waals surface area (Å²) >= 11 is 0. The number of ether oxygens (including phenoxy) is 1. The lowest BCUT2D eigenvalue weighted by molar-refractivity contribution is -0.173. The summed E-state index contributed by atoms with van der Waals surface area (Å²) in [5.41, 5.74) is -2.08. The Morgan fingerprint density at radius 3 is 1.92 bits per heavy atom. The summed E-state index contributed by atoms with van der Waals surface area (Å²) in [5.74, 6) is -1.48. The van der Waals surface area contributed by atoms with Crippen LogP contribution < -0.4 is 0 Å². The summed E-state index contributed by atoms with van der Waals surface area (Å²) in [5, 5.41) is 21.8. The number of aliphatic hydroxyl groups excluding tert-OH is 1. The minimum Gasteiger partial charge on any atom is -0.461 e. The van der Waals surface area contributed by atoms with E-state index in [2.05, 4.69) is 0 Å². The third-order valence-corrected chi connectivity index (χ3v) is 9.69. The molecule has 0 aliphatic rings. The minimum atomic E-state index is -3.42. The van der Waals surface area contributed by atoms with E-state index in [1.807, 2.05) is 92.6 Å². The van der Waals surface area contributed by atoms with Crippen molar-refractivity contribution in [1.29, 1.82) is 0 Å². The van der Waals surface area contributed by atoms with Gasteiger partial charge in [0, 0.05) is 18.9 Å². The van der Waals surface area contributed by atoms with Gasteiger partial charge in [0.25, 0.3) is 0 Å². The van der Waals surface area contributed by atoms with Crippen molar-refractivity contribution in [2.75, 3.05) is 18.9 Å². The molecule has 1 aromatic carbocycles. The number of benzene rings is 1. The van der Waals surface area contributed by atoms with Gasteiger partial charge in [-0.15, -0.1) is 0 Å². The first-order valence-electron chi connectivity index (χ1n) is 13.1. The second-order valence-electron chi connectivity index (χ2n) is 13.2. The highest BCUT2D eigenvalue weighted by Gasteiger charge is 2.55. The number of aliphatic hydroxyl groups is 2. The van der Waals surface area contributed by atoms with Gasteiger partial charge in [-0.25, -0.2) is 0 Å². The van der Waals surface area contributed by atoms with Crippen molar-refractivity contribution in [3.05, 3.63) is 35.9 Å². The van der Waals surface area contributed by atoms with Crippen molar-refractivity contribution in [3.63, 3.8) is 0 Å². The average molecular weight is 527 g/mol. The molecule has 0 aliphatic heterocycles. The van der Waals surface area contributed by atoms with E-state index in [4.69, 9.17) is 9.26 Å². The van der Waals surface area contributed by atoms with Gasteiger partial charge in [-0.1, -0.05) is 78.8 Å². The van der Waals surface area contributed by atoms with Crippen molar-refractivity contribution in [2.45, 2.75) is 99.9 Å². The lowest BCUT2D eigenvalue weighted by Gasteiger charge is -2.55. The molecule has 0 aromatic heterocycles. The molecule has 0 bridgehead atoms. The molecule has 1 rings (SSSR count). The molecule has 0 aliphatic carbocycles. The Morgan fingerprint density at radius 1 is 0.944 bits per heavy atom. The van der Waals surface area contributed by atoms with Crippen LogP contribution in [0, 0.1) is 22.7 Å². The number of hydrogen-bond donors (Lipinski definition) is 2. The van der Waals surface area contributed by atoms with Crippen LogP contribution in [0.4, 0.5) is 0 Å². The van der Waals surface area contributed by atoms with Crippen LogP contribution in [-0.4, -0.2) is 46.3 Å². The van der Waals surface area contributed by atoms with E-state index in [-0.39, 0.29) is 25.5 Å². The quantitative estimate of drug-likeness (QED) is 0.233. The Kier molecular flexibility index (Phi) is 11.5. The molecule has 3 atom stereocenters. The fourth-order valence-corrected chi connectivity index (χ4v) is 8.86. The Labute approximate surface area is 219 Å². The van der Waals surface area contributed by atoms with Gasteiger partial charge in [0.15, 0.2) is 0 Å². The second kappa shape index (κ2) is 12.6. The monoisotopic (exact) mass is 526 g/mol. The van der Waals surface area contributed by atoms with Gasteiger partial charge in [0.2, 0.25) is 7.37 Å². The summed E-state index contributed by atoms with van der Waals surface area (Å²) in [6.45, 7) is 19.3. The number of esters is 1. The summed E-state index contributed by atoms with van der Waals surface area (Å²) in [6, 6.07) is 9.44. The van der Waals surface area contributed by atoms with E-state index in [9.17, 15) is 19.6 Å². The van der Waals surface area contributed by atoms with Gasteiger partial charge in [-0.05, 0) is 55.9 Å². The van der Waals surface area contributed by atoms with Crippen LogP contribution in [0.5, 0.6) is 0 Å². The summed E-state index contributed by atoms with van der Waals surface area (Å²) in [6.07, 6.45) is 1.11. The van der Waals surface area contributed by atoms with E-state index in [1.54, 1.807) is 6.92 Å². The van der Waals surface area contributed by atoms with Crippen LogP contribution in [0.1, 0.15) is 87.6 Å². The molecule has 0 fully saturated rings. The molecule has 0 saturated heterocycles. The van der Waals surface area contributed by atoms with Crippen LogP contribution in [0.15, 0.2) is 30.3 Å². The molecule has 3 unspecified atom stereocenters. The number of carbonyl (C=O) groups excluding carboxylic acids is 1. The molecule has 2 N–H and O–H groups in total. The first-order valence-corrected chi connectivity index (χ1v) is 15.1. The molecule has 36 heavy (non-hydrogen) atoms. The van der Waals surface area contributed by atoms with Gasteiger partial charge >= 0.3 is 5.97 Å². The lowest BCUT2D eigenvalue weighted by atomic mass is 9.56. The normalized spacial score (nSPS) is 16.8. The third-order valence-electron chi connectivity index (χ3n) is 6.71. The predicted octanol–water partition coefficient (Wildman–Crippen LogP) is 6.67. The first kappa shape index (κ1) is 32.8. The van der Waals surface area contributed by atoms with Crippen LogP contribution >= 0.6 is 7.37 Å². The second-order valence-corrected chi connectivity index (χ2v) is 15.7. The molecule has 0 spiro atoms. The maximum atomic E-state index is 14.5. The Balaban J connectivity index is 3.29. The Bertz CT molecular complexity index is 846. The summed E-state index contributed by atoms with van der Waals surface area (Å²) in [4.78, 5) is 12.9. The van der Waals surface area contributed by atoms with Gasteiger partial charge in [0.1, 0.15) is 6.61 Å². The third kappa shape index (κ3) is 9.28. The lowest BCUT2D eigenvalue weighted by Crippen LogP contribution is -2.59. The van der Waals surface area contributed by atoms with Crippen LogP contribution in [-0.2, 0) is 25.2 Å². The van der Waals surface area contributed by atoms with Crippen LogP contribution in [0.25, 0.3) is 0 Å². The van der Waals surface area contributed by atoms with Crippen LogP contribution in [0.3, 0.4) is 0 Å². The van der Waals surface area contributed by atoms with E-state index in [0.29, 0.717) is 12.8 Å². The fourth-order valence-electron chi connectivity index (χ4n) is 5.47. The van der Waals surface area contributed by atoms with E-state index < -0.39 is 47.2 Å². The van der Waals surface area contributed by atoms with E-state index in [0.717, 1.165) is 5.56 Å². The standard InChI is InChI=1S/C29H51O6P/c1-22(25(31)34-19-23-15-12-11-13-16-23)20-36(33,35-28(8,9)10)21-24(17-14-18-30)29(32,26(2,3)4)27(5,6)7/h11-13,15-16,22,24,30,32H,14,17-21H2,1-10H3. The molecule has 1 aromatic rings. The summed E-state index contributed by atoms with van der Waals surface area (Å²) < 4.78 is 26.2. The molecule has 0 radical (unpaired) electrons. The predicted molar refractivity (Wildman–Crippen MR) is 147 cm³/mol. The van der Waals surface area contributed by atoms with Gasteiger partial charge in [0.05, 0.1) is 17.1 Å². The zero-order valence-corrected chi connectivity index (χ0v) is 25.2. The Morgan fingerprint density at radius 2 is 1.47 bits per heavy atom. The Hall–Kier alpha value is -1.20. The largest absolute Gasteiger partial charge is 0.461 e. The van der Waals surface area contributed by atoms with Crippen molar-refractivity contribution >= 4 is 13.3 Å². The molecular formula is C29H51O6P. The van der Waals surface area contributed by atoms with Gasteiger partial charge in [-0.3, -0.25) is 9.36 Å². The zero-order valence-electron chi connectivity index (χ0n) is 24.3. The average Bonchev–Trinajstić information content (AvgIpc) is 2.72. The number of hydrogen-bond acceptors (Lipinski definition) is 6. The van der Waals surface area contributed by atoms with Crippen molar-refractivity contribution < 1.29 is 28.8 Å². The van der Waals surface area contributed by atoms with Gasteiger partial charge in [-0.2, -0.15) is 0 Å². The van der Waals surface area contributed by atoms with Crippen molar-refractivity contribution in [1.82, 2.24) is 0 Å². The molecule has 0 saturated carbocycles. The molecule has 7 heteroatoms.